The van der Waals surface area contributed by atoms with Gasteiger partial charge in [0.1, 0.15) is 6.10 Å². The van der Waals surface area contributed by atoms with E-state index in [9.17, 15) is 4.79 Å². The van der Waals surface area contributed by atoms with Crippen molar-refractivity contribution in [1.29, 1.82) is 0 Å². The number of hydrogen-bond donors (Lipinski definition) is 0. The molecule has 0 heterocycles. The fourth-order valence-corrected chi connectivity index (χ4v) is 3.69. The molecule has 0 amide bonds. The molecule has 0 saturated carbocycles. The summed E-state index contributed by atoms with van der Waals surface area (Å²) >= 11 is 0. The number of carbonyl (C=O) groups excluding carboxylic acids is 1. The molecule has 0 unspecified atom stereocenters. The average molecular weight is 363 g/mol. The lowest BCUT2D eigenvalue weighted by Gasteiger charge is -2.28. The minimum absolute atomic E-state index is 0.0268. The summed E-state index contributed by atoms with van der Waals surface area (Å²) in [5, 5.41) is 0. The number of carbonyl (C=O) groups is 1. The second-order valence-electron chi connectivity index (χ2n) is 8.23. The number of ether oxygens (including phenoxy) is 1. The summed E-state index contributed by atoms with van der Waals surface area (Å²) < 4.78 is 5.73. The fourth-order valence-electron chi connectivity index (χ4n) is 3.69. The van der Waals surface area contributed by atoms with E-state index in [1.165, 1.54) is 68.9 Å². The van der Waals surface area contributed by atoms with E-state index in [4.69, 9.17) is 4.74 Å². The van der Waals surface area contributed by atoms with Crippen molar-refractivity contribution in [1.82, 2.24) is 0 Å². The topological polar surface area (TPSA) is 26.3 Å². The van der Waals surface area contributed by atoms with Gasteiger partial charge in [-0.05, 0) is 44.6 Å². The van der Waals surface area contributed by atoms with Crippen LogP contribution >= 0.6 is 0 Å². The van der Waals surface area contributed by atoms with Crippen LogP contribution in [-0.2, 0) is 9.53 Å². The number of hydrogen-bond acceptors (Lipinski definition) is 2. The van der Waals surface area contributed by atoms with E-state index < -0.39 is 0 Å². The summed E-state index contributed by atoms with van der Waals surface area (Å²) in [4.78, 5) is 12.1. The molecule has 1 rings (SSSR count). The van der Waals surface area contributed by atoms with Crippen molar-refractivity contribution in [3.8, 4) is 0 Å². The zero-order chi connectivity index (χ0) is 19.2. The summed E-state index contributed by atoms with van der Waals surface area (Å²) in [6.45, 7) is 10.5. The second-order valence-corrected chi connectivity index (χ2v) is 8.23. The normalized spacial score (nSPS) is 19.9. The van der Waals surface area contributed by atoms with Gasteiger partial charge < -0.3 is 4.74 Å². The molecule has 150 valence electrons. The van der Waals surface area contributed by atoms with E-state index in [0.717, 1.165) is 25.7 Å². The van der Waals surface area contributed by atoms with E-state index in [1.807, 2.05) is 0 Å². The maximum Gasteiger partial charge on any atom is 0.306 e. The van der Waals surface area contributed by atoms with Crippen molar-refractivity contribution in [3.05, 3.63) is 23.8 Å². The van der Waals surface area contributed by atoms with Crippen molar-refractivity contribution < 1.29 is 9.53 Å². The molecule has 0 radical (unpaired) electrons. The lowest BCUT2D eigenvalue weighted by Crippen LogP contribution is -2.26. The molecule has 1 aliphatic rings. The van der Waals surface area contributed by atoms with Crippen LogP contribution in [0.15, 0.2) is 23.8 Å². The Morgan fingerprint density at radius 3 is 2.12 bits per heavy atom. The van der Waals surface area contributed by atoms with Crippen LogP contribution < -0.4 is 0 Å². The molecule has 0 bridgehead atoms. The highest BCUT2D eigenvalue weighted by Crippen LogP contribution is 2.30. The van der Waals surface area contributed by atoms with Crippen LogP contribution in [-0.4, -0.2) is 12.1 Å². The molecule has 2 atom stereocenters. The maximum atomic E-state index is 12.1. The lowest BCUT2D eigenvalue weighted by atomic mass is 9.84. The molecule has 0 aromatic rings. The van der Waals surface area contributed by atoms with Crippen LogP contribution in [0, 0.1) is 5.92 Å². The highest BCUT2D eigenvalue weighted by atomic mass is 16.5. The Morgan fingerprint density at radius 2 is 1.58 bits per heavy atom. The summed E-state index contributed by atoms with van der Waals surface area (Å²) in [7, 11) is 0. The van der Waals surface area contributed by atoms with Gasteiger partial charge in [0, 0.05) is 6.42 Å². The van der Waals surface area contributed by atoms with Crippen molar-refractivity contribution in [3.63, 3.8) is 0 Å². The zero-order valence-electron chi connectivity index (χ0n) is 17.7. The minimum Gasteiger partial charge on any atom is -0.458 e. The van der Waals surface area contributed by atoms with E-state index in [0.29, 0.717) is 12.3 Å². The van der Waals surface area contributed by atoms with Gasteiger partial charge in [-0.15, -0.1) is 0 Å². The Bertz CT molecular complexity index is 435. The third-order valence-corrected chi connectivity index (χ3v) is 5.69. The van der Waals surface area contributed by atoms with E-state index in [1.54, 1.807) is 0 Å². The molecular formula is C24H42O2. The molecule has 2 heteroatoms. The summed E-state index contributed by atoms with van der Waals surface area (Å²) in [6, 6.07) is 0. The van der Waals surface area contributed by atoms with Crippen LogP contribution in [0.25, 0.3) is 0 Å². The van der Waals surface area contributed by atoms with Gasteiger partial charge in [0.05, 0.1) is 0 Å². The third-order valence-electron chi connectivity index (χ3n) is 5.69. The monoisotopic (exact) mass is 362 g/mol. The second kappa shape index (κ2) is 14.1. The van der Waals surface area contributed by atoms with Gasteiger partial charge in [0.2, 0.25) is 0 Å². The number of rotatable bonds is 14. The minimum atomic E-state index is -0.0364. The SMILES string of the molecule is C=C(C)[C@@H]1CC=C(C)[C@@H](OC(=O)CCCCCCCCCCCCC)C1. The predicted octanol–water partition coefficient (Wildman–Crippen LogP) is 7.53. The van der Waals surface area contributed by atoms with E-state index in [-0.39, 0.29) is 12.1 Å². The predicted molar refractivity (Wildman–Crippen MR) is 112 cm³/mol. The highest BCUT2D eigenvalue weighted by molar-refractivity contribution is 5.69. The van der Waals surface area contributed by atoms with Crippen molar-refractivity contribution in [2.75, 3.05) is 0 Å². The first-order valence-corrected chi connectivity index (χ1v) is 11.1. The Labute approximate surface area is 162 Å². The number of unbranched alkanes of at least 4 members (excludes halogenated alkanes) is 10. The van der Waals surface area contributed by atoms with E-state index >= 15 is 0 Å². The van der Waals surface area contributed by atoms with Gasteiger partial charge in [-0.1, -0.05) is 89.4 Å². The van der Waals surface area contributed by atoms with Crippen LogP contribution in [0.3, 0.4) is 0 Å². The molecule has 0 aromatic heterocycles. The molecule has 2 nitrogen and oxygen atoms in total. The molecule has 0 saturated heterocycles. The van der Waals surface area contributed by atoms with Crippen LogP contribution in [0.4, 0.5) is 0 Å². The van der Waals surface area contributed by atoms with Gasteiger partial charge in [-0.25, -0.2) is 0 Å². The Balaban J connectivity index is 2.02. The van der Waals surface area contributed by atoms with Gasteiger partial charge in [-0.2, -0.15) is 0 Å². The molecule has 1 aliphatic carbocycles. The fraction of sp³-hybridized carbons (Fsp3) is 0.792. The van der Waals surface area contributed by atoms with Crippen LogP contribution in [0.2, 0.25) is 0 Å². The Kier molecular flexibility index (Phi) is 12.4. The van der Waals surface area contributed by atoms with Gasteiger partial charge in [0.15, 0.2) is 0 Å². The molecule has 0 N–H and O–H groups in total. The van der Waals surface area contributed by atoms with Crippen molar-refractivity contribution >= 4 is 5.97 Å². The molecule has 0 fully saturated rings. The average Bonchev–Trinajstić information content (AvgIpc) is 2.61. The van der Waals surface area contributed by atoms with Crippen molar-refractivity contribution in [2.45, 2.75) is 117 Å². The molecule has 26 heavy (non-hydrogen) atoms. The number of esters is 1. The van der Waals surface area contributed by atoms with Gasteiger partial charge in [0.25, 0.3) is 0 Å². The molecule has 0 aromatic carbocycles. The standard InChI is InChI=1S/C24H42O2/c1-5-6-7-8-9-10-11-12-13-14-15-16-24(25)26-23-19-22(20(2)3)18-17-21(23)4/h17,22-23H,2,5-16,18-19H2,1,3-4H3/t22-,23+/m1/s1. The first kappa shape index (κ1) is 23.0. The van der Waals surface area contributed by atoms with Gasteiger partial charge >= 0.3 is 5.97 Å². The Hall–Kier alpha value is -1.05. The molecular weight excluding hydrogens is 320 g/mol. The largest absolute Gasteiger partial charge is 0.458 e. The maximum absolute atomic E-state index is 12.1. The number of allylic oxidation sites excluding steroid dienone is 2. The zero-order valence-corrected chi connectivity index (χ0v) is 17.7. The summed E-state index contributed by atoms with van der Waals surface area (Å²) in [5.74, 6) is 0.430. The molecule has 0 aliphatic heterocycles. The quantitative estimate of drug-likeness (QED) is 0.181. The first-order valence-electron chi connectivity index (χ1n) is 11.1. The summed E-state index contributed by atoms with van der Waals surface area (Å²) in [6.07, 6.45) is 19.0. The van der Waals surface area contributed by atoms with Crippen LogP contribution in [0.5, 0.6) is 0 Å². The summed E-state index contributed by atoms with van der Waals surface area (Å²) in [5.41, 5.74) is 2.40. The van der Waals surface area contributed by atoms with Crippen molar-refractivity contribution in [2.24, 2.45) is 5.92 Å². The lowest BCUT2D eigenvalue weighted by molar-refractivity contribution is -0.148. The first-order chi connectivity index (χ1) is 12.5. The van der Waals surface area contributed by atoms with E-state index in [2.05, 4.69) is 33.4 Å². The van der Waals surface area contributed by atoms with Gasteiger partial charge in [-0.3, -0.25) is 4.79 Å². The Morgan fingerprint density at radius 1 is 1.04 bits per heavy atom. The third kappa shape index (κ3) is 10.2. The molecule has 0 spiro atoms. The smallest absolute Gasteiger partial charge is 0.306 e. The highest BCUT2D eigenvalue weighted by Gasteiger charge is 2.25. The van der Waals surface area contributed by atoms with Crippen LogP contribution in [0.1, 0.15) is 111 Å².